The summed E-state index contributed by atoms with van der Waals surface area (Å²) in [7, 11) is 1.49. The zero-order valence-corrected chi connectivity index (χ0v) is 17.3. The number of hydrogen-bond donors (Lipinski definition) is 1. The van der Waals surface area contributed by atoms with E-state index in [0.29, 0.717) is 29.3 Å². The molecule has 0 aliphatic carbocycles. The Morgan fingerprint density at radius 2 is 1.97 bits per heavy atom. The Kier molecular flexibility index (Phi) is 8.03. The van der Waals surface area contributed by atoms with Crippen LogP contribution in [0.2, 0.25) is 5.02 Å². The Morgan fingerprint density at radius 1 is 1.21 bits per heavy atom. The lowest BCUT2D eigenvalue weighted by Gasteiger charge is -2.21. The lowest BCUT2D eigenvalue weighted by Crippen LogP contribution is -2.40. The van der Waals surface area contributed by atoms with E-state index in [0.717, 1.165) is 5.56 Å². The van der Waals surface area contributed by atoms with E-state index in [1.807, 2.05) is 6.92 Å². The molecule has 0 heterocycles. The number of benzene rings is 2. The molecule has 154 valence electrons. The molecule has 0 atom stereocenters. The van der Waals surface area contributed by atoms with Crippen LogP contribution in [0.15, 0.2) is 36.4 Å². The van der Waals surface area contributed by atoms with E-state index in [4.69, 9.17) is 21.1 Å². The topological polar surface area (TPSA) is 84.9 Å². The number of nitrogens with zero attached hydrogens (tertiary/aromatic N) is 1. The van der Waals surface area contributed by atoms with Crippen LogP contribution in [0, 0.1) is 6.92 Å². The van der Waals surface area contributed by atoms with E-state index in [-0.39, 0.29) is 36.3 Å². The zero-order valence-electron chi connectivity index (χ0n) is 16.5. The highest BCUT2D eigenvalue weighted by molar-refractivity contribution is 6.31. The number of likely N-dealkylation sites (N-methyl/N-ethyl adjacent to an activating group) is 1. The Hall–Kier alpha value is -3.06. The second kappa shape index (κ2) is 10.5. The lowest BCUT2D eigenvalue weighted by atomic mass is 10.2. The van der Waals surface area contributed by atoms with Crippen LogP contribution in [0.1, 0.15) is 22.8 Å². The van der Waals surface area contributed by atoms with Gasteiger partial charge < -0.3 is 19.7 Å². The Balaban J connectivity index is 1.97. The van der Waals surface area contributed by atoms with Gasteiger partial charge in [-0.15, -0.1) is 0 Å². The Bertz CT molecular complexity index is 901. The summed E-state index contributed by atoms with van der Waals surface area (Å²) in [5, 5.41) is 3.26. The van der Waals surface area contributed by atoms with E-state index < -0.39 is 0 Å². The number of amides is 2. The minimum Gasteiger partial charge on any atom is -0.497 e. The molecule has 0 aliphatic heterocycles. The van der Waals surface area contributed by atoms with Crippen molar-refractivity contribution < 1.29 is 23.9 Å². The maximum atomic E-state index is 12.5. The van der Waals surface area contributed by atoms with E-state index in [2.05, 4.69) is 5.32 Å². The van der Waals surface area contributed by atoms with Gasteiger partial charge in [-0.1, -0.05) is 17.7 Å². The molecule has 2 amide bonds. The molecule has 0 aromatic heterocycles. The molecule has 0 radical (unpaired) electrons. The van der Waals surface area contributed by atoms with Gasteiger partial charge in [0.2, 0.25) is 5.91 Å². The molecule has 1 N–H and O–H groups in total. The quantitative estimate of drug-likeness (QED) is 0.631. The van der Waals surface area contributed by atoms with Gasteiger partial charge in [0.1, 0.15) is 11.5 Å². The average molecular weight is 419 g/mol. The third-order valence-corrected chi connectivity index (χ3v) is 4.47. The van der Waals surface area contributed by atoms with Crippen molar-refractivity contribution in [1.82, 2.24) is 4.90 Å². The van der Waals surface area contributed by atoms with Gasteiger partial charge in [-0.25, -0.2) is 0 Å². The number of aryl methyl sites for hydroxylation is 1. The van der Waals surface area contributed by atoms with Crippen LogP contribution in [0.4, 0.5) is 5.69 Å². The van der Waals surface area contributed by atoms with Crippen LogP contribution in [0.5, 0.6) is 11.5 Å². The van der Waals surface area contributed by atoms with Gasteiger partial charge in [-0.3, -0.25) is 14.4 Å². The van der Waals surface area contributed by atoms with E-state index in [9.17, 15) is 14.4 Å². The summed E-state index contributed by atoms with van der Waals surface area (Å²) in [6.07, 6.45) is 0.626. The predicted molar refractivity (Wildman–Crippen MR) is 111 cm³/mol. The van der Waals surface area contributed by atoms with Crippen LogP contribution in [0.3, 0.4) is 0 Å². The van der Waals surface area contributed by atoms with Crippen LogP contribution < -0.4 is 14.8 Å². The van der Waals surface area contributed by atoms with Gasteiger partial charge in [0.25, 0.3) is 5.91 Å². The number of carbonyl (C=O) groups is 3. The number of anilines is 1. The van der Waals surface area contributed by atoms with Crippen molar-refractivity contribution in [3.05, 3.63) is 52.5 Å². The molecule has 2 aromatic carbocycles. The van der Waals surface area contributed by atoms with Crippen molar-refractivity contribution in [3.8, 4) is 11.5 Å². The number of nitrogens with one attached hydrogen (secondary N) is 1. The average Bonchev–Trinajstić information content (AvgIpc) is 2.72. The molecule has 2 rings (SSSR count). The minimum absolute atomic E-state index is 0.131. The number of halogens is 1. The second-order valence-electron chi connectivity index (χ2n) is 6.23. The van der Waals surface area contributed by atoms with Crippen molar-refractivity contribution in [2.45, 2.75) is 13.8 Å². The van der Waals surface area contributed by atoms with Crippen LogP contribution in [-0.4, -0.2) is 49.8 Å². The SMILES string of the molecule is CCN(CC(=O)Nc1cc(Cl)ccc1C)C(=O)COc1ccc(OC)cc1C=O. The lowest BCUT2D eigenvalue weighted by molar-refractivity contribution is -0.136. The van der Waals surface area contributed by atoms with Crippen molar-refractivity contribution in [3.63, 3.8) is 0 Å². The molecule has 7 nitrogen and oxygen atoms in total. The first kappa shape index (κ1) is 22.2. The molecule has 29 heavy (non-hydrogen) atoms. The smallest absolute Gasteiger partial charge is 0.260 e. The Morgan fingerprint density at radius 3 is 2.62 bits per heavy atom. The molecule has 0 aliphatic rings. The molecule has 0 fully saturated rings. The van der Waals surface area contributed by atoms with Gasteiger partial charge >= 0.3 is 0 Å². The predicted octanol–water partition coefficient (Wildman–Crippen LogP) is 3.34. The van der Waals surface area contributed by atoms with Crippen LogP contribution >= 0.6 is 11.6 Å². The van der Waals surface area contributed by atoms with Gasteiger partial charge in [-0.2, -0.15) is 0 Å². The number of hydrogen-bond acceptors (Lipinski definition) is 5. The largest absolute Gasteiger partial charge is 0.497 e. The molecule has 0 saturated heterocycles. The van der Waals surface area contributed by atoms with Crippen molar-refractivity contribution in [2.24, 2.45) is 0 Å². The van der Waals surface area contributed by atoms with E-state index in [1.54, 1.807) is 37.3 Å². The summed E-state index contributed by atoms with van der Waals surface area (Å²) >= 11 is 5.96. The molecule has 2 aromatic rings. The monoisotopic (exact) mass is 418 g/mol. The molecule has 0 saturated carbocycles. The minimum atomic E-state index is -0.377. The number of methoxy groups -OCH3 is 1. The molecular weight excluding hydrogens is 396 g/mol. The zero-order chi connectivity index (χ0) is 21.4. The van der Waals surface area contributed by atoms with E-state index >= 15 is 0 Å². The molecule has 0 spiro atoms. The Labute approximate surface area is 174 Å². The molecule has 0 bridgehead atoms. The first-order valence-corrected chi connectivity index (χ1v) is 9.35. The fourth-order valence-electron chi connectivity index (χ4n) is 2.58. The highest BCUT2D eigenvalue weighted by Gasteiger charge is 2.17. The van der Waals surface area contributed by atoms with Gasteiger partial charge in [0.05, 0.1) is 19.2 Å². The molecule has 0 unspecified atom stereocenters. The molecule has 8 heteroatoms. The summed E-state index contributed by atoms with van der Waals surface area (Å²) in [5.74, 6) is 0.0554. The summed E-state index contributed by atoms with van der Waals surface area (Å²) in [4.78, 5) is 37.4. The molecular formula is C21H23ClN2O5. The summed E-state index contributed by atoms with van der Waals surface area (Å²) in [6.45, 7) is 3.51. The van der Waals surface area contributed by atoms with Crippen LogP contribution in [0.25, 0.3) is 0 Å². The maximum absolute atomic E-state index is 12.5. The number of rotatable bonds is 9. The van der Waals surface area contributed by atoms with Gasteiger partial charge in [0, 0.05) is 17.3 Å². The highest BCUT2D eigenvalue weighted by Crippen LogP contribution is 2.23. The summed E-state index contributed by atoms with van der Waals surface area (Å²) in [5.41, 5.74) is 1.73. The van der Waals surface area contributed by atoms with Gasteiger partial charge in [-0.05, 0) is 49.7 Å². The van der Waals surface area contributed by atoms with Crippen molar-refractivity contribution >= 4 is 35.4 Å². The number of ether oxygens (including phenoxy) is 2. The van der Waals surface area contributed by atoms with E-state index in [1.165, 1.54) is 18.1 Å². The first-order valence-electron chi connectivity index (χ1n) is 8.97. The normalized spacial score (nSPS) is 10.2. The summed E-state index contributed by atoms with van der Waals surface area (Å²) < 4.78 is 10.5. The standard InChI is InChI=1S/C21H23ClN2O5/c1-4-24(11-20(26)23-18-10-16(22)6-5-14(18)2)21(27)13-29-19-8-7-17(28-3)9-15(19)12-25/h5-10,12H,4,11,13H2,1-3H3,(H,23,26). The van der Waals surface area contributed by atoms with Crippen LogP contribution in [-0.2, 0) is 9.59 Å². The highest BCUT2D eigenvalue weighted by atomic mass is 35.5. The number of carbonyl (C=O) groups excluding carboxylic acids is 3. The van der Waals surface area contributed by atoms with Gasteiger partial charge in [0.15, 0.2) is 12.9 Å². The first-order chi connectivity index (χ1) is 13.9. The maximum Gasteiger partial charge on any atom is 0.260 e. The van der Waals surface area contributed by atoms with Crippen molar-refractivity contribution in [2.75, 3.05) is 32.1 Å². The fourth-order valence-corrected chi connectivity index (χ4v) is 2.75. The number of aldehydes is 1. The van der Waals surface area contributed by atoms with Crippen molar-refractivity contribution in [1.29, 1.82) is 0 Å². The second-order valence-corrected chi connectivity index (χ2v) is 6.66. The third-order valence-electron chi connectivity index (χ3n) is 4.24. The summed E-state index contributed by atoms with van der Waals surface area (Å²) in [6, 6.07) is 9.89. The third kappa shape index (κ3) is 6.22. The fraction of sp³-hybridized carbons (Fsp3) is 0.286.